The van der Waals surface area contributed by atoms with Crippen LogP contribution in [0.2, 0.25) is 0 Å². The fraction of sp³-hybridized carbons (Fsp3) is 0.938. The van der Waals surface area contributed by atoms with Crippen molar-refractivity contribution in [3.63, 3.8) is 0 Å². The molecule has 0 heterocycles. The normalized spacial score (nSPS) is 12.5. The number of hydrogen-bond donors (Lipinski definition) is 1. The lowest BCUT2D eigenvalue weighted by atomic mass is 10.00. The van der Waals surface area contributed by atoms with Gasteiger partial charge in [0.1, 0.15) is 0 Å². The molecule has 0 fully saturated rings. The second kappa shape index (κ2) is 12.9. The van der Waals surface area contributed by atoms with Gasteiger partial charge in [0.2, 0.25) is 0 Å². The van der Waals surface area contributed by atoms with Crippen molar-refractivity contribution in [3.8, 4) is 0 Å². The van der Waals surface area contributed by atoms with Crippen molar-refractivity contribution < 1.29 is 9.90 Å². The molecule has 0 saturated heterocycles. The summed E-state index contributed by atoms with van der Waals surface area (Å²) in [5.41, 5.74) is 0. The Labute approximate surface area is 121 Å². The largest absolute Gasteiger partial charge is 0.481 e. The van der Waals surface area contributed by atoms with Gasteiger partial charge in [-0.2, -0.15) is 0 Å². The molecule has 0 spiro atoms. The zero-order valence-corrected chi connectivity index (χ0v) is 14.9. The van der Waals surface area contributed by atoms with Gasteiger partial charge in [-0.1, -0.05) is 26.7 Å². The van der Waals surface area contributed by atoms with Gasteiger partial charge in [-0.15, -0.1) is 0 Å². The van der Waals surface area contributed by atoms with Crippen molar-refractivity contribution in [2.45, 2.75) is 67.2 Å². The lowest BCUT2D eigenvalue weighted by molar-refractivity contribution is -0.142. The fourth-order valence-electron chi connectivity index (χ4n) is 2.29. The SMILES string of the molecule is CCCCC(CC)C(=O)O.CC[P+](CC)(CC)CC. The van der Waals surface area contributed by atoms with Crippen LogP contribution in [0.1, 0.15) is 67.2 Å². The summed E-state index contributed by atoms with van der Waals surface area (Å²) >= 11 is 0. The number of aliphatic carboxylic acids is 1. The predicted octanol–water partition coefficient (Wildman–Crippen LogP) is 5.37. The Kier molecular flexibility index (Phi) is 14.4. The summed E-state index contributed by atoms with van der Waals surface area (Å²) in [7, 11) is -0.420. The van der Waals surface area contributed by atoms with Gasteiger partial charge >= 0.3 is 5.97 Å². The molecule has 2 nitrogen and oxygen atoms in total. The molecule has 0 amide bonds. The number of hydrogen-bond acceptors (Lipinski definition) is 1. The van der Waals surface area contributed by atoms with Gasteiger partial charge in [0.15, 0.2) is 0 Å². The predicted molar refractivity (Wildman–Crippen MR) is 90.0 cm³/mol. The molecule has 0 aromatic heterocycles. The molecule has 1 atom stereocenters. The van der Waals surface area contributed by atoms with Crippen LogP contribution in [0.15, 0.2) is 0 Å². The highest BCUT2D eigenvalue weighted by molar-refractivity contribution is 7.75. The molecule has 0 saturated carbocycles. The minimum atomic E-state index is -0.643. The molecular weight excluding hydrogens is 255 g/mol. The third-order valence-corrected chi connectivity index (χ3v) is 9.80. The van der Waals surface area contributed by atoms with E-state index in [1.807, 2.05) is 6.92 Å². The minimum Gasteiger partial charge on any atom is -0.481 e. The topological polar surface area (TPSA) is 37.3 Å². The Morgan fingerprint density at radius 2 is 1.37 bits per heavy atom. The second-order valence-corrected chi connectivity index (χ2v) is 10.4. The van der Waals surface area contributed by atoms with Crippen LogP contribution in [-0.4, -0.2) is 35.7 Å². The maximum atomic E-state index is 10.4. The molecular formula is C16H36O2P+. The Bertz CT molecular complexity index is 195. The molecule has 0 rings (SSSR count). The highest BCUT2D eigenvalue weighted by Gasteiger charge is 2.27. The lowest BCUT2D eigenvalue weighted by Crippen LogP contribution is -2.11. The fourth-order valence-corrected chi connectivity index (χ4v) is 4.98. The molecule has 0 radical (unpaired) electrons. The smallest absolute Gasteiger partial charge is 0.306 e. The maximum absolute atomic E-state index is 10.4. The summed E-state index contributed by atoms with van der Waals surface area (Å²) in [5, 5.41) is 8.60. The molecule has 1 unspecified atom stereocenters. The minimum absolute atomic E-state index is 0.111. The van der Waals surface area contributed by atoms with Crippen LogP contribution in [0, 0.1) is 5.92 Å². The van der Waals surface area contributed by atoms with Crippen LogP contribution >= 0.6 is 7.26 Å². The van der Waals surface area contributed by atoms with E-state index in [0.29, 0.717) is 0 Å². The van der Waals surface area contributed by atoms with Crippen molar-refractivity contribution >= 4 is 13.2 Å². The average Bonchev–Trinajstić information content (AvgIpc) is 2.43. The molecule has 0 aromatic carbocycles. The Hall–Kier alpha value is -0.100. The third-order valence-electron chi connectivity index (χ3n) is 4.43. The number of rotatable bonds is 9. The van der Waals surface area contributed by atoms with E-state index >= 15 is 0 Å². The first-order valence-corrected chi connectivity index (χ1v) is 10.6. The highest BCUT2D eigenvalue weighted by Crippen LogP contribution is 2.57. The zero-order chi connectivity index (χ0) is 15.3. The number of carbonyl (C=O) groups is 1. The monoisotopic (exact) mass is 291 g/mol. The molecule has 0 aliphatic carbocycles. The van der Waals surface area contributed by atoms with Gasteiger partial charge in [-0.25, -0.2) is 0 Å². The summed E-state index contributed by atoms with van der Waals surface area (Å²) in [4.78, 5) is 10.4. The van der Waals surface area contributed by atoms with Gasteiger partial charge in [0.05, 0.1) is 30.6 Å². The van der Waals surface area contributed by atoms with Crippen LogP contribution in [-0.2, 0) is 4.79 Å². The molecule has 19 heavy (non-hydrogen) atoms. The van der Waals surface area contributed by atoms with E-state index < -0.39 is 13.2 Å². The standard InChI is InChI=1S/C8H16O2.C8H20P/c1-3-5-6-7(4-2)8(9)10;1-5-9(6-2,7-3)8-4/h7H,3-6H2,1-2H3,(H,9,10);5-8H2,1-4H3/q;+1. The first kappa shape index (κ1) is 21.2. The van der Waals surface area contributed by atoms with E-state index in [2.05, 4.69) is 34.6 Å². The Balaban J connectivity index is 0. The third kappa shape index (κ3) is 9.44. The summed E-state index contributed by atoms with van der Waals surface area (Å²) in [6.07, 6.45) is 9.53. The van der Waals surface area contributed by atoms with Crippen LogP contribution in [0.5, 0.6) is 0 Å². The van der Waals surface area contributed by atoms with Gasteiger partial charge < -0.3 is 5.11 Å². The first-order chi connectivity index (χ1) is 8.96. The van der Waals surface area contributed by atoms with Crippen LogP contribution in [0.4, 0.5) is 0 Å². The molecule has 1 N–H and O–H groups in total. The highest BCUT2D eigenvalue weighted by atomic mass is 31.2. The van der Waals surface area contributed by atoms with Gasteiger partial charge in [0, 0.05) is 7.26 Å². The number of carboxylic acid groups (broad SMARTS) is 1. The zero-order valence-electron chi connectivity index (χ0n) is 14.0. The van der Waals surface area contributed by atoms with Gasteiger partial charge in [-0.05, 0) is 40.5 Å². The molecule has 0 aliphatic rings. The molecule has 0 aromatic rings. The van der Waals surface area contributed by atoms with Crippen molar-refractivity contribution in [3.05, 3.63) is 0 Å². The van der Waals surface area contributed by atoms with Crippen LogP contribution < -0.4 is 0 Å². The van der Waals surface area contributed by atoms with E-state index in [4.69, 9.17) is 5.11 Å². The number of unbranched alkanes of at least 4 members (excludes halogenated alkanes) is 1. The van der Waals surface area contributed by atoms with Gasteiger partial charge in [-0.3, -0.25) is 4.79 Å². The maximum Gasteiger partial charge on any atom is 0.306 e. The summed E-state index contributed by atoms with van der Waals surface area (Å²) in [6, 6.07) is 0. The van der Waals surface area contributed by atoms with Crippen LogP contribution in [0.3, 0.4) is 0 Å². The van der Waals surface area contributed by atoms with Crippen molar-refractivity contribution in [2.75, 3.05) is 24.6 Å². The van der Waals surface area contributed by atoms with Crippen molar-refractivity contribution in [1.29, 1.82) is 0 Å². The average molecular weight is 291 g/mol. The molecule has 0 bridgehead atoms. The molecule has 3 heteroatoms. The van der Waals surface area contributed by atoms with E-state index in [1.165, 1.54) is 24.6 Å². The Morgan fingerprint density at radius 1 is 0.947 bits per heavy atom. The summed E-state index contributed by atoms with van der Waals surface area (Å²) in [6.45, 7) is 13.4. The van der Waals surface area contributed by atoms with Crippen molar-refractivity contribution in [1.82, 2.24) is 0 Å². The van der Waals surface area contributed by atoms with E-state index in [0.717, 1.165) is 25.7 Å². The van der Waals surface area contributed by atoms with E-state index in [1.54, 1.807) is 0 Å². The quantitative estimate of drug-likeness (QED) is 0.580. The Morgan fingerprint density at radius 3 is 1.53 bits per heavy atom. The first-order valence-electron chi connectivity index (χ1n) is 8.04. The second-order valence-electron chi connectivity index (χ2n) is 5.19. The summed E-state index contributed by atoms with van der Waals surface area (Å²) < 4.78 is 0. The van der Waals surface area contributed by atoms with Crippen LogP contribution in [0.25, 0.3) is 0 Å². The van der Waals surface area contributed by atoms with Crippen molar-refractivity contribution in [2.24, 2.45) is 5.92 Å². The van der Waals surface area contributed by atoms with E-state index in [9.17, 15) is 4.79 Å². The van der Waals surface area contributed by atoms with E-state index in [-0.39, 0.29) is 5.92 Å². The molecule has 0 aliphatic heterocycles. The summed E-state index contributed by atoms with van der Waals surface area (Å²) in [5.74, 6) is -0.754. The molecule has 116 valence electrons. The lowest BCUT2D eigenvalue weighted by Gasteiger charge is -2.20. The number of carboxylic acids is 1. The van der Waals surface area contributed by atoms with Gasteiger partial charge in [0.25, 0.3) is 0 Å².